The van der Waals surface area contributed by atoms with E-state index in [4.69, 9.17) is 13.9 Å². The summed E-state index contributed by atoms with van der Waals surface area (Å²) in [4.78, 5) is 28.5. The summed E-state index contributed by atoms with van der Waals surface area (Å²) in [7, 11) is 3.08. The molecule has 7 heteroatoms. The minimum absolute atomic E-state index is 0.0576. The van der Waals surface area contributed by atoms with Gasteiger partial charge in [0.1, 0.15) is 5.58 Å². The van der Waals surface area contributed by atoms with Crippen LogP contribution in [0, 0.1) is 13.8 Å². The lowest BCUT2D eigenvalue weighted by molar-refractivity contribution is 0.0716. The number of nitrogens with zero attached hydrogens (tertiary/aromatic N) is 1. The van der Waals surface area contributed by atoms with Crippen LogP contribution in [0.2, 0.25) is 0 Å². The van der Waals surface area contributed by atoms with Gasteiger partial charge in [0, 0.05) is 13.2 Å². The maximum Gasteiger partial charge on any atom is 0.290 e. The number of methoxy groups -OCH3 is 2. The molecule has 0 unspecified atom stereocenters. The van der Waals surface area contributed by atoms with E-state index >= 15 is 0 Å². The molecule has 2 aromatic carbocycles. The van der Waals surface area contributed by atoms with Crippen molar-refractivity contribution in [1.29, 1.82) is 0 Å². The highest BCUT2D eigenvalue weighted by Crippen LogP contribution is 2.41. The van der Waals surface area contributed by atoms with Crippen LogP contribution in [0.25, 0.3) is 11.0 Å². The Labute approximate surface area is 179 Å². The quantitative estimate of drug-likeness (QED) is 0.654. The van der Waals surface area contributed by atoms with Crippen LogP contribution in [-0.4, -0.2) is 43.3 Å². The van der Waals surface area contributed by atoms with Crippen molar-refractivity contribution in [2.24, 2.45) is 0 Å². The first-order chi connectivity index (χ1) is 14.9. The summed E-state index contributed by atoms with van der Waals surface area (Å²) in [6.07, 6.45) is 0.384. The minimum Gasteiger partial charge on any atom is -0.493 e. The Morgan fingerprint density at radius 3 is 2.48 bits per heavy atom. The van der Waals surface area contributed by atoms with Crippen LogP contribution in [0.1, 0.15) is 45.3 Å². The highest BCUT2D eigenvalue weighted by atomic mass is 16.5. The number of benzene rings is 2. The molecule has 4 rings (SSSR count). The first-order valence-electron chi connectivity index (χ1n) is 10.1. The minimum atomic E-state index is -0.643. The number of aliphatic hydroxyl groups excluding tert-OH is 1. The molecule has 0 bridgehead atoms. The standard InChI is InChI=1S/C24H25NO6/c1-13-10-14(2)22-16(11-13)21(27)19-20(15-6-7-17(29-3)18(12-15)30-4)25(8-5-9-26)24(28)23(19)31-22/h6-7,10-12,20,26H,5,8-9H2,1-4H3/t20-/m1/s1. The largest absolute Gasteiger partial charge is 0.493 e. The van der Waals surface area contributed by atoms with E-state index in [0.717, 1.165) is 11.1 Å². The summed E-state index contributed by atoms with van der Waals surface area (Å²) >= 11 is 0. The van der Waals surface area contributed by atoms with E-state index < -0.39 is 6.04 Å². The van der Waals surface area contributed by atoms with Gasteiger partial charge >= 0.3 is 0 Å². The van der Waals surface area contributed by atoms with E-state index in [-0.39, 0.29) is 30.2 Å². The number of carbonyl (C=O) groups is 1. The zero-order valence-electron chi connectivity index (χ0n) is 18.0. The van der Waals surface area contributed by atoms with Crippen LogP contribution < -0.4 is 14.9 Å². The maximum atomic E-state index is 13.6. The molecule has 3 aromatic rings. The number of hydrogen-bond acceptors (Lipinski definition) is 6. The highest BCUT2D eigenvalue weighted by Gasteiger charge is 2.42. The van der Waals surface area contributed by atoms with Gasteiger partial charge in [-0.3, -0.25) is 9.59 Å². The molecule has 1 aromatic heterocycles. The number of ether oxygens (including phenoxy) is 2. The Balaban J connectivity index is 1.99. The van der Waals surface area contributed by atoms with Crippen LogP contribution >= 0.6 is 0 Å². The Kier molecular flexibility index (Phi) is 5.45. The van der Waals surface area contributed by atoms with E-state index in [2.05, 4.69) is 0 Å². The Morgan fingerprint density at radius 1 is 1.06 bits per heavy atom. The Hall–Kier alpha value is -3.32. The molecule has 0 spiro atoms. The maximum absolute atomic E-state index is 13.6. The molecular weight excluding hydrogens is 398 g/mol. The molecule has 1 N–H and O–H groups in total. The molecule has 0 fully saturated rings. The van der Waals surface area contributed by atoms with Gasteiger partial charge in [-0.1, -0.05) is 12.1 Å². The van der Waals surface area contributed by atoms with Crippen LogP contribution in [0.15, 0.2) is 39.5 Å². The molecule has 162 valence electrons. The van der Waals surface area contributed by atoms with Gasteiger partial charge in [-0.15, -0.1) is 0 Å². The molecule has 7 nitrogen and oxygen atoms in total. The van der Waals surface area contributed by atoms with Crippen molar-refractivity contribution in [2.45, 2.75) is 26.3 Å². The van der Waals surface area contributed by atoms with Gasteiger partial charge in [0.05, 0.1) is 31.2 Å². The average Bonchev–Trinajstić information content (AvgIpc) is 3.04. The number of fused-ring (bicyclic) bond motifs is 2. The van der Waals surface area contributed by atoms with E-state index in [9.17, 15) is 14.7 Å². The fraction of sp³-hybridized carbons (Fsp3) is 0.333. The fourth-order valence-electron chi connectivity index (χ4n) is 4.32. The lowest BCUT2D eigenvalue weighted by atomic mass is 9.97. The van der Waals surface area contributed by atoms with Crippen molar-refractivity contribution in [3.05, 3.63) is 68.6 Å². The van der Waals surface area contributed by atoms with Gasteiger partial charge < -0.3 is 23.9 Å². The van der Waals surface area contributed by atoms with E-state index in [1.165, 1.54) is 7.11 Å². The van der Waals surface area contributed by atoms with Crippen molar-refractivity contribution in [3.8, 4) is 11.5 Å². The first-order valence-corrected chi connectivity index (χ1v) is 10.1. The summed E-state index contributed by atoms with van der Waals surface area (Å²) < 4.78 is 16.8. The molecule has 0 radical (unpaired) electrons. The van der Waals surface area contributed by atoms with Gasteiger partial charge in [0.25, 0.3) is 5.91 Å². The predicted molar refractivity (Wildman–Crippen MR) is 116 cm³/mol. The average molecular weight is 423 g/mol. The lowest BCUT2D eigenvalue weighted by Crippen LogP contribution is -2.31. The van der Waals surface area contributed by atoms with Crippen LogP contribution in [0.3, 0.4) is 0 Å². The summed E-state index contributed by atoms with van der Waals surface area (Å²) in [5, 5.41) is 9.81. The summed E-state index contributed by atoms with van der Waals surface area (Å²) in [5.74, 6) is 0.749. The van der Waals surface area contributed by atoms with Crippen molar-refractivity contribution in [1.82, 2.24) is 4.90 Å². The number of amides is 1. The van der Waals surface area contributed by atoms with Crippen molar-refractivity contribution in [2.75, 3.05) is 27.4 Å². The monoisotopic (exact) mass is 423 g/mol. The highest BCUT2D eigenvalue weighted by molar-refractivity contribution is 5.99. The number of carbonyl (C=O) groups excluding carboxylic acids is 1. The smallest absolute Gasteiger partial charge is 0.290 e. The van der Waals surface area contributed by atoms with Gasteiger partial charge in [0.2, 0.25) is 5.76 Å². The molecule has 1 aliphatic rings. The predicted octanol–water partition coefficient (Wildman–Crippen LogP) is 3.35. The summed E-state index contributed by atoms with van der Waals surface area (Å²) in [6.45, 7) is 4.00. The molecule has 0 saturated heterocycles. The second kappa shape index (κ2) is 8.07. The normalized spacial score (nSPS) is 15.5. The van der Waals surface area contributed by atoms with Crippen LogP contribution in [0.4, 0.5) is 0 Å². The van der Waals surface area contributed by atoms with Crippen molar-refractivity contribution < 1.29 is 23.8 Å². The molecule has 31 heavy (non-hydrogen) atoms. The molecule has 2 heterocycles. The molecular formula is C24H25NO6. The molecule has 1 amide bonds. The van der Waals surface area contributed by atoms with E-state index in [0.29, 0.717) is 40.0 Å². The first kappa shape index (κ1) is 20.9. The van der Waals surface area contributed by atoms with E-state index in [1.54, 1.807) is 30.2 Å². The second-order valence-corrected chi connectivity index (χ2v) is 7.73. The fourth-order valence-corrected chi connectivity index (χ4v) is 4.32. The lowest BCUT2D eigenvalue weighted by Gasteiger charge is -2.25. The topological polar surface area (TPSA) is 89.2 Å². The third-order valence-electron chi connectivity index (χ3n) is 5.68. The van der Waals surface area contributed by atoms with Gasteiger partial charge in [-0.05, 0) is 55.2 Å². The van der Waals surface area contributed by atoms with E-state index in [1.807, 2.05) is 26.0 Å². The summed E-state index contributed by atoms with van der Waals surface area (Å²) in [6, 6.07) is 8.40. The third kappa shape index (κ3) is 3.35. The zero-order valence-corrected chi connectivity index (χ0v) is 18.0. The van der Waals surface area contributed by atoms with Gasteiger partial charge in [-0.25, -0.2) is 0 Å². The number of aliphatic hydroxyl groups is 1. The van der Waals surface area contributed by atoms with Gasteiger partial charge in [0.15, 0.2) is 16.9 Å². The number of hydrogen-bond donors (Lipinski definition) is 1. The Morgan fingerprint density at radius 2 is 1.81 bits per heavy atom. The second-order valence-electron chi connectivity index (χ2n) is 7.73. The summed E-state index contributed by atoms with van der Waals surface area (Å²) in [5.41, 5.74) is 2.98. The van der Waals surface area contributed by atoms with Crippen LogP contribution in [-0.2, 0) is 0 Å². The zero-order chi connectivity index (χ0) is 22.3. The number of aryl methyl sites for hydroxylation is 2. The molecule has 1 aliphatic heterocycles. The van der Waals surface area contributed by atoms with Crippen LogP contribution in [0.5, 0.6) is 11.5 Å². The number of rotatable bonds is 6. The third-order valence-corrected chi connectivity index (χ3v) is 5.68. The molecule has 0 aliphatic carbocycles. The van der Waals surface area contributed by atoms with Crippen molar-refractivity contribution >= 4 is 16.9 Å². The molecule has 0 saturated carbocycles. The van der Waals surface area contributed by atoms with Crippen molar-refractivity contribution in [3.63, 3.8) is 0 Å². The SMILES string of the molecule is COc1ccc([C@@H]2c3c(oc4c(C)cc(C)cc4c3=O)C(=O)N2CCCO)cc1OC. The van der Waals surface area contributed by atoms with Gasteiger partial charge in [-0.2, -0.15) is 0 Å². The molecule has 1 atom stereocenters. The Bertz CT molecular complexity index is 1230.